The highest BCUT2D eigenvalue weighted by atomic mass is 16.7. The van der Waals surface area contributed by atoms with Crippen LogP contribution in [0.25, 0.3) is 0 Å². The second-order valence-electron chi connectivity index (χ2n) is 13.2. The van der Waals surface area contributed by atoms with Crippen LogP contribution in [0, 0.1) is 0 Å². The van der Waals surface area contributed by atoms with Crippen LogP contribution in [0.4, 0.5) is 0 Å². The number of unbranched alkanes of at least 4 members (excludes halogenated alkanes) is 2. The summed E-state index contributed by atoms with van der Waals surface area (Å²) in [5.41, 5.74) is 0.465. The molecule has 2 heterocycles. The Balaban J connectivity index is 1.47. The second kappa shape index (κ2) is 21.2. The van der Waals surface area contributed by atoms with Gasteiger partial charge in [0, 0.05) is 13.2 Å². The van der Waals surface area contributed by atoms with E-state index in [9.17, 15) is 29.7 Å². The number of benzene rings is 3. The van der Waals surface area contributed by atoms with Crippen LogP contribution in [0.5, 0.6) is 0 Å². The number of rotatable bonds is 18. The summed E-state index contributed by atoms with van der Waals surface area (Å²) < 4.78 is 47.9. The molecule has 2 aliphatic rings. The molecular weight excluding hydrogens is 716 g/mol. The van der Waals surface area contributed by atoms with E-state index in [1.54, 1.807) is 54.6 Å². The summed E-state index contributed by atoms with van der Waals surface area (Å²) in [6.07, 6.45) is -10.6. The molecule has 14 nitrogen and oxygen atoms in total. The van der Waals surface area contributed by atoms with E-state index < -0.39 is 92.5 Å². The van der Waals surface area contributed by atoms with Crippen LogP contribution in [0.1, 0.15) is 70.6 Å². The zero-order valence-electron chi connectivity index (χ0n) is 30.9. The maximum absolute atomic E-state index is 13.6. The molecule has 3 aromatic rings. The molecule has 10 atom stereocenters. The summed E-state index contributed by atoms with van der Waals surface area (Å²) in [6, 6.07) is 24.1. The Morgan fingerprint density at radius 2 is 1.02 bits per heavy atom. The molecule has 2 fully saturated rings. The van der Waals surface area contributed by atoms with Crippen molar-refractivity contribution in [2.24, 2.45) is 0 Å². The number of hydrogen-bond acceptors (Lipinski definition) is 14. The number of esters is 3. The number of aliphatic hydroxyl groups excluding tert-OH is 3. The average Bonchev–Trinajstić information content (AvgIpc) is 3.21. The van der Waals surface area contributed by atoms with Crippen LogP contribution in [0.2, 0.25) is 0 Å². The van der Waals surface area contributed by atoms with E-state index in [4.69, 9.17) is 37.9 Å². The van der Waals surface area contributed by atoms with Crippen molar-refractivity contribution >= 4 is 17.9 Å². The van der Waals surface area contributed by atoms with Crippen LogP contribution >= 0.6 is 0 Å². The van der Waals surface area contributed by atoms with Crippen LogP contribution in [0.3, 0.4) is 0 Å². The third-order valence-corrected chi connectivity index (χ3v) is 9.21. The summed E-state index contributed by atoms with van der Waals surface area (Å²) in [5, 5.41) is 32.9. The van der Waals surface area contributed by atoms with Crippen molar-refractivity contribution in [3.63, 3.8) is 0 Å². The lowest BCUT2D eigenvalue weighted by Crippen LogP contribution is -2.64. The molecule has 3 aromatic carbocycles. The van der Waals surface area contributed by atoms with Gasteiger partial charge in [-0.05, 0) is 49.2 Å². The SMILES string of the molecule is CCCCO[C@@H]1C(CO[C@H]2OC(CO)[C@@H](OC(=O)c3ccccc3)C(OC(=O)c3ccccc3)[C@H]2OC(=O)c2ccccc2)O[C@@H](O)[C@H](OCCCC)C1O. The first-order chi connectivity index (χ1) is 26.7. The first-order valence-electron chi connectivity index (χ1n) is 18.7. The fourth-order valence-corrected chi connectivity index (χ4v) is 6.21. The molecule has 0 aromatic heterocycles. The first kappa shape index (κ1) is 41.9. The highest BCUT2D eigenvalue weighted by Crippen LogP contribution is 2.33. The Hall–Kier alpha value is -4.25. The maximum Gasteiger partial charge on any atom is 0.338 e. The van der Waals surface area contributed by atoms with Crippen molar-refractivity contribution in [3.05, 3.63) is 108 Å². The summed E-state index contributed by atoms with van der Waals surface area (Å²) in [5.74, 6) is -2.50. The van der Waals surface area contributed by atoms with E-state index in [-0.39, 0.29) is 29.9 Å². The molecule has 0 bridgehead atoms. The van der Waals surface area contributed by atoms with Crippen molar-refractivity contribution in [2.75, 3.05) is 26.4 Å². The first-order valence-corrected chi connectivity index (χ1v) is 18.7. The minimum absolute atomic E-state index is 0.148. The molecule has 5 rings (SSSR count). The van der Waals surface area contributed by atoms with Gasteiger partial charge in [-0.2, -0.15) is 0 Å². The number of ether oxygens (including phenoxy) is 8. The van der Waals surface area contributed by atoms with E-state index >= 15 is 0 Å². The fourth-order valence-electron chi connectivity index (χ4n) is 6.21. The van der Waals surface area contributed by atoms with Gasteiger partial charge >= 0.3 is 17.9 Å². The molecule has 0 aliphatic carbocycles. The smallest absolute Gasteiger partial charge is 0.338 e. The molecule has 0 saturated carbocycles. The van der Waals surface area contributed by atoms with E-state index in [0.717, 1.165) is 12.8 Å². The molecule has 0 radical (unpaired) electrons. The summed E-state index contributed by atoms with van der Waals surface area (Å²) in [6.45, 7) is 3.39. The van der Waals surface area contributed by atoms with E-state index in [2.05, 4.69) is 0 Å². The lowest BCUT2D eigenvalue weighted by Gasteiger charge is -2.45. The molecule has 2 aliphatic heterocycles. The second-order valence-corrected chi connectivity index (χ2v) is 13.2. The van der Waals surface area contributed by atoms with Gasteiger partial charge in [-0.1, -0.05) is 81.3 Å². The number of carbonyl (C=O) groups excluding carboxylic acids is 3. The Morgan fingerprint density at radius 1 is 0.564 bits per heavy atom. The van der Waals surface area contributed by atoms with Gasteiger partial charge in [0.15, 0.2) is 30.9 Å². The summed E-state index contributed by atoms with van der Waals surface area (Å²) in [4.78, 5) is 40.7. The van der Waals surface area contributed by atoms with Crippen molar-refractivity contribution < 1.29 is 67.6 Å². The Morgan fingerprint density at radius 3 is 1.49 bits per heavy atom. The van der Waals surface area contributed by atoms with Gasteiger partial charge in [0.1, 0.15) is 30.5 Å². The van der Waals surface area contributed by atoms with Crippen molar-refractivity contribution in [2.45, 2.75) is 101 Å². The lowest BCUT2D eigenvalue weighted by molar-refractivity contribution is -0.331. The molecule has 14 heteroatoms. The minimum atomic E-state index is -1.60. The third-order valence-electron chi connectivity index (χ3n) is 9.21. The minimum Gasteiger partial charge on any atom is -0.452 e. The standard InChI is InChI=1S/C41H50O14/c1-3-5-22-48-32-30(51-40(47)34(31(32)43)49-23-6-4-2)25-50-41-36(55-39(46)28-20-14-9-15-21-28)35(54-38(45)27-18-12-8-13-19-27)33(29(24-42)52-41)53-37(44)26-16-10-7-11-17-26/h7-21,29-36,40-43,47H,3-6,22-25H2,1-2H3/t29?,30?,31?,32-,33-,34-,35?,36-,40-,41+/m1/s1. The Kier molecular flexibility index (Phi) is 16.1. The van der Waals surface area contributed by atoms with Crippen molar-refractivity contribution in [3.8, 4) is 0 Å². The van der Waals surface area contributed by atoms with Crippen LogP contribution in [-0.4, -0.2) is 121 Å². The Bertz CT molecular complexity index is 1610. The Labute approximate surface area is 320 Å². The van der Waals surface area contributed by atoms with E-state index in [1.807, 2.05) is 13.8 Å². The molecule has 0 amide bonds. The topological polar surface area (TPSA) is 186 Å². The third kappa shape index (κ3) is 11.2. The molecule has 0 spiro atoms. The normalized spacial score (nSPS) is 27.9. The van der Waals surface area contributed by atoms with Crippen molar-refractivity contribution in [1.82, 2.24) is 0 Å². The molecule has 3 N–H and O–H groups in total. The van der Waals surface area contributed by atoms with Gasteiger partial charge in [0.05, 0.1) is 29.9 Å². The molecule has 55 heavy (non-hydrogen) atoms. The predicted molar refractivity (Wildman–Crippen MR) is 195 cm³/mol. The monoisotopic (exact) mass is 766 g/mol. The highest BCUT2D eigenvalue weighted by molar-refractivity contribution is 5.91. The molecule has 4 unspecified atom stereocenters. The average molecular weight is 767 g/mol. The van der Waals surface area contributed by atoms with Gasteiger partial charge in [0.25, 0.3) is 0 Å². The zero-order valence-corrected chi connectivity index (χ0v) is 30.9. The number of carbonyl (C=O) groups is 3. The van der Waals surface area contributed by atoms with Gasteiger partial charge in [0.2, 0.25) is 0 Å². The van der Waals surface area contributed by atoms with Crippen molar-refractivity contribution in [1.29, 1.82) is 0 Å². The van der Waals surface area contributed by atoms with Gasteiger partial charge in [-0.3, -0.25) is 0 Å². The molecule has 298 valence electrons. The van der Waals surface area contributed by atoms with E-state index in [1.165, 1.54) is 36.4 Å². The highest BCUT2D eigenvalue weighted by Gasteiger charge is 2.54. The quantitative estimate of drug-likeness (QED) is 0.0964. The summed E-state index contributed by atoms with van der Waals surface area (Å²) >= 11 is 0. The van der Waals surface area contributed by atoms with Crippen LogP contribution < -0.4 is 0 Å². The molecular formula is C41H50O14. The van der Waals surface area contributed by atoms with Gasteiger partial charge in [-0.25, -0.2) is 14.4 Å². The molecule has 2 saturated heterocycles. The lowest BCUT2D eigenvalue weighted by atomic mass is 9.97. The predicted octanol–water partition coefficient (Wildman–Crippen LogP) is 3.85. The van der Waals surface area contributed by atoms with Gasteiger partial charge in [-0.15, -0.1) is 0 Å². The number of aliphatic hydroxyl groups is 3. The maximum atomic E-state index is 13.6. The number of hydrogen-bond donors (Lipinski definition) is 3. The fraction of sp³-hybridized carbons (Fsp3) is 0.488. The zero-order chi connectivity index (χ0) is 39.2. The largest absolute Gasteiger partial charge is 0.452 e. The van der Waals surface area contributed by atoms with E-state index in [0.29, 0.717) is 12.8 Å². The summed E-state index contributed by atoms with van der Waals surface area (Å²) in [7, 11) is 0. The van der Waals surface area contributed by atoms with Gasteiger partial charge < -0.3 is 53.2 Å². The van der Waals surface area contributed by atoms with Crippen LogP contribution in [-0.2, 0) is 37.9 Å². The van der Waals surface area contributed by atoms with Crippen LogP contribution in [0.15, 0.2) is 91.0 Å².